The first-order chi connectivity index (χ1) is 69.9. The van der Waals surface area contributed by atoms with Gasteiger partial charge in [-0.1, -0.05) is 147 Å². The van der Waals surface area contributed by atoms with Crippen LogP contribution >= 0.6 is 148 Å². The number of alkyl halides is 2. The molecule has 0 amide bonds. The van der Waals surface area contributed by atoms with Crippen molar-refractivity contribution in [3.8, 4) is 83.2 Å². The molecular formula is C98H106BBr5Cl2N14O20S7. The number of ether oxygens (including phenoxy) is 7. The lowest BCUT2D eigenvalue weighted by molar-refractivity contribution is -0.146. The van der Waals surface area contributed by atoms with Gasteiger partial charge in [-0.05, 0) is 226 Å². The summed E-state index contributed by atoms with van der Waals surface area (Å²) in [6.45, 7) is 9.23. The average Bonchev–Trinajstić information content (AvgIpc) is 1.59. The lowest BCUT2D eigenvalue weighted by Gasteiger charge is -2.32. The predicted molar refractivity (Wildman–Crippen MR) is 595 cm³/mol. The highest BCUT2D eigenvalue weighted by molar-refractivity contribution is 9.13. The van der Waals surface area contributed by atoms with Crippen molar-refractivity contribution in [2.24, 2.45) is 0 Å². The van der Waals surface area contributed by atoms with Crippen molar-refractivity contribution in [1.29, 1.82) is 15.8 Å². The van der Waals surface area contributed by atoms with Crippen molar-refractivity contribution in [2.75, 3.05) is 119 Å². The SMILES string of the molecule is C.CC(=O)COc1c(-c2nn[nH]n2)sc(-c2cccc(NC3CCN(S(=O)(=O)Cc4ccccc4)CC3)c2)c1Br.CCOC(=O)COc1c(C#N)sc(-c2cccc(N)c2)c1Br.CCOC(=O)COc1c(C#N)sc(-c2cccc(NC3CCN(S(=O)(=O)Cc4ccccc4)CC3)c2)c1Br.CCOC(=O)COc1c(C#N)sc(Br)c1Br.ClCCCl.Nc1cccc(B(O)O)c1.O=C1CCN(S(=O)(=O)Cc2ccccc2)CC1. The Balaban J connectivity index is 0.000000225. The maximum atomic E-state index is 12.9. The standard InChI is InChI=1S/C27H28BrN3O5S2.C26H27BrN6O4S2.C15H13BrN2O3S.C12H15NO3S.C9H7Br2NO3S.C6H8BNO2.C2H4Cl2.CH4/c1-2-35-24(32)17-36-26-23(16-29)37-27(25(26)28)20-9-6-10-22(15-20)30-21-11-13-31(14-12-21)38(33,34)18-19-7-4-3-5-8-19;1-17(34)15-37-23-22(27)24(38-25(23)26-29-31-32-30-26)19-8-5-9-21(14-19)28-20-10-12-33(13-11-20)39(35,36)16-18-6-3-2-4-7-18;1-2-20-12(19)8-21-14-11(7-17)22-15(13(14)16)9-4-3-5-10(18)6-9;14-12-6-8-13(9-7-12)17(15,16)10-11-4-2-1-3-5-11;1-2-14-6(13)4-15-8-5(3-12)16-9(11)7(8)10;8-6-3-1-2-5(4-6)7(9)10;3-1-2-4;/h3-10,15,21,30H,2,11-14,17-18H2,1H3;2-9,14,20,28H,10-13,15-16H2,1H3,(H,29,30,31,32);3-6H,2,8,18H2,1H3;1-5H,6-10H2;2,4H2,1H3;1-4,9-10H,8H2;1-2H2;1H4. The zero-order valence-electron chi connectivity index (χ0n) is 79.0. The number of H-pyrrole nitrogens is 1. The number of benzene rings is 7. The van der Waals surface area contributed by atoms with Crippen LogP contribution in [-0.4, -0.2) is 215 Å². The Kier molecular flexibility index (Phi) is 51.2. The van der Waals surface area contributed by atoms with Gasteiger partial charge in [0.15, 0.2) is 48.6 Å². The number of anilines is 4. The molecule has 0 radical (unpaired) electrons. The van der Waals surface area contributed by atoms with Crippen LogP contribution in [0.5, 0.6) is 23.0 Å². The number of tetrazole rings is 1. The summed E-state index contributed by atoms with van der Waals surface area (Å²) in [6.07, 6.45) is 3.51. The Morgan fingerprint density at radius 1 is 0.476 bits per heavy atom. The van der Waals surface area contributed by atoms with Gasteiger partial charge in [0, 0.05) is 98.7 Å². The third kappa shape index (κ3) is 38.3. The fraction of sp³-hybridized carbons (Fsp3) is 0.316. The number of aromatic amines is 1. The van der Waals surface area contributed by atoms with E-state index in [1.807, 2.05) is 152 Å². The Hall–Kier alpha value is -10.3. The van der Waals surface area contributed by atoms with Crippen LogP contribution in [0.4, 0.5) is 22.7 Å². The van der Waals surface area contributed by atoms with Crippen LogP contribution in [0.2, 0.25) is 0 Å². The number of nitrogen functional groups attached to an aromatic ring is 2. The first kappa shape index (κ1) is 122. The van der Waals surface area contributed by atoms with Gasteiger partial charge in [0.1, 0.15) is 50.1 Å². The molecule has 49 heteroatoms. The molecule has 7 aromatic carbocycles. The van der Waals surface area contributed by atoms with E-state index in [2.05, 4.69) is 123 Å². The molecule has 15 rings (SSSR count). The first-order valence-corrected chi connectivity index (χ1v) is 58.0. The summed E-state index contributed by atoms with van der Waals surface area (Å²) in [5.74, 6) is 1.70. The smallest absolute Gasteiger partial charge is 0.483 e. The van der Waals surface area contributed by atoms with Gasteiger partial charge in [0.25, 0.3) is 0 Å². The minimum atomic E-state index is -3.36. The molecule has 8 heterocycles. The Labute approximate surface area is 922 Å². The third-order valence-electron chi connectivity index (χ3n) is 20.8. The van der Waals surface area contributed by atoms with Crippen LogP contribution in [0.1, 0.15) is 105 Å². The number of piperidine rings is 3. The molecule has 0 aliphatic carbocycles. The van der Waals surface area contributed by atoms with Gasteiger partial charge < -0.3 is 65.3 Å². The number of aromatic nitrogens is 4. The van der Waals surface area contributed by atoms with Crippen LogP contribution in [0, 0.1) is 34.0 Å². The van der Waals surface area contributed by atoms with Crippen molar-refractivity contribution in [3.63, 3.8) is 0 Å². The minimum Gasteiger partial charge on any atom is -0.483 e. The van der Waals surface area contributed by atoms with Crippen molar-refractivity contribution in [2.45, 2.75) is 103 Å². The van der Waals surface area contributed by atoms with Crippen molar-refractivity contribution in [3.05, 3.63) is 241 Å². The number of nitriles is 3. The van der Waals surface area contributed by atoms with Crippen LogP contribution in [0.25, 0.3) is 42.0 Å². The molecule has 3 saturated heterocycles. The maximum Gasteiger partial charge on any atom is 0.488 e. The molecule has 782 valence electrons. The molecule has 0 bridgehead atoms. The average molecular weight is 2510 g/mol. The molecule has 3 fully saturated rings. The highest BCUT2D eigenvalue weighted by Crippen LogP contribution is 2.51. The summed E-state index contributed by atoms with van der Waals surface area (Å²) in [7, 11) is -11.4. The highest BCUT2D eigenvalue weighted by atomic mass is 79.9. The van der Waals surface area contributed by atoms with Gasteiger partial charge in [-0.2, -0.15) is 21.0 Å². The molecular weight excluding hydrogens is 2400 g/mol. The number of thiophene rings is 4. The van der Waals surface area contributed by atoms with E-state index in [0.29, 0.717) is 179 Å². The predicted octanol–water partition coefficient (Wildman–Crippen LogP) is 19.0. The molecule has 0 atom stereocenters. The molecule has 5 aromatic heterocycles. The number of esters is 3. The number of ketones is 2. The summed E-state index contributed by atoms with van der Waals surface area (Å²) < 4.78 is 120. The quantitative estimate of drug-likeness (QED) is 0.00647. The minimum absolute atomic E-state index is 0. The van der Waals surface area contributed by atoms with Gasteiger partial charge >= 0.3 is 25.0 Å². The fourth-order valence-electron chi connectivity index (χ4n) is 14.0. The van der Waals surface area contributed by atoms with Crippen LogP contribution in [0.15, 0.2) is 210 Å². The number of nitrogens with two attached hydrogens (primary N) is 2. The number of nitrogens with one attached hydrogen (secondary N) is 3. The molecule has 3 aliphatic heterocycles. The number of Topliss-reactive ketones (excluding diaryl/α,β-unsaturated/α-hetero) is 2. The lowest BCUT2D eigenvalue weighted by Crippen LogP contribution is -2.42. The van der Waals surface area contributed by atoms with Crippen LogP contribution in [0.3, 0.4) is 0 Å². The zero-order valence-corrected chi connectivity index (χ0v) is 94.2. The number of halogens is 7. The van der Waals surface area contributed by atoms with Crippen molar-refractivity contribution >= 4 is 243 Å². The van der Waals surface area contributed by atoms with E-state index in [-0.39, 0.29) is 88.0 Å². The second-order valence-corrected chi connectivity index (χ2v) is 46.6. The number of hydrogen-bond donors (Lipinski definition) is 7. The summed E-state index contributed by atoms with van der Waals surface area (Å²) in [6, 6.07) is 63.7. The third-order valence-corrected chi connectivity index (χ3v) is 36.7. The number of carbonyl (C=O) groups excluding carboxylic acids is 5. The number of rotatable bonds is 34. The molecule has 0 unspecified atom stereocenters. The van der Waals surface area contributed by atoms with E-state index in [1.165, 1.54) is 62.6 Å². The van der Waals surface area contributed by atoms with Crippen molar-refractivity contribution < 1.29 is 92.4 Å². The molecule has 0 spiro atoms. The van der Waals surface area contributed by atoms with Gasteiger partial charge in [-0.15, -0.1) is 78.7 Å². The first-order valence-electron chi connectivity index (χ1n) is 44.8. The highest BCUT2D eigenvalue weighted by Gasteiger charge is 2.34. The number of hydrogen-bond acceptors (Lipinski definition) is 34. The van der Waals surface area contributed by atoms with Gasteiger partial charge in [0.2, 0.25) is 35.9 Å². The van der Waals surface area contributed by atoms with E-state index in [0.717, 1.165) is 63.2 Å². The van der Waals surface area contributed by atoms with Gasteiger partial charge in [0.05, 0.1) is 73.4 Å². The maximum absolute atomic E-state index is 12.9. The fourth-order valence-corrected chi connectivity index (χ4v) is 26.3. The van der Waals surface area contributed by atoms with Gasteiger partial charge in [-0.3, -0.25) is 9.59 Å². The van der Waals surface area contributed by atoms with Crippen LogP contribution in [-0.2, 0) is 85.5 Å². The second kappa shape index (κ2) is 61.8. The topological polar surface area (TPSA) is 504 Å². The van der Waals surface area contributed by atoms with E-state index in [9.17, 15) is 59.7 Å². The molecule has 34 nitrogen and oxygen atoms in total. The second-order valence-electron chi connectivity index (χ2n) is 31.4. The summed E-state index contributed by atoms with van der Waals surface area (Å²) in [5.41, 5.74) is 19.7. The largest absolute Gasteiger partial charge is 0.488 e. The number of sulfonamides is 3. The number of nitrogens with zero attached hydrogens (tertiary/aromatic N) is 9. The van der Waals surface area contributed by atoms with E-state index in [4.69, 9.17) is 83.1 Å². The molecule has 3 aliphatic rings. The van der Waals surface area contributed by atoms with Gasteiger partial charge in [-0.25, -0.2) is 52.6 Å². The number of carbonyl (C=O) groups is 5. The molecule has 147 heavy (non-hydrogen) atoms. The summed E-state index contributed by atoms with van der Waals surface area (Å²) in [5, 5.41) is 66.4. The van der Waals surface area contributed by atoms with E-state index < -0.39 is 55.1 Å². The van der Waals surface area contributed by atoms with E-state index in [1.54, 1.807) is 65.8 Å². The monoisotopic (exact) mass is 2500 g/mol. The molecule has 0 saturated carbocycles. The lowest BCUT2D eigenvalue weighted by atomic mass is 9.80. The normalized spacial score (nSPS) is 13.2. The summed E-state index contributed by atoms with van der Waals surface area (Å²) in [4.78, 5) is 61.2. The molecule has 9 N–H and O–H groups in total. The summed E-state index contributed by atoms with van der Waals surface area (Å²) >= 11 is 32.5. The van der Waals surface area contributed by atoms with E-state index >= 15 is 0 Å². The molecule has 12 aromatic rings. The van der Waals surface area contributed by atoms with Crippen molar-refractivity contribution in [1.82, 2.24) is 33.5 Å². The Morgan fingerprint density at radius 3 is 1.18 bits per heavy atom. The van der Waals surface area contributed by atoms with Crippen LogP contribution < -0.4 is 46.5 Å². The zero-order chi connectivity index (χ0) is 106. The Bertz CT molecular complexity index is 6830. The Morgan fingerprint density at radius 2 is 0.830 bits per heavy atom.